The molecule has 0 atom stereocenters. The predicted molar refractivity (Wildman–Crippen MR) is 75.0 cm³/mol. The van der Waals surface area contributed by atoms with Gasteiger partial charge in [0.15, 0.2) is 5.34 Å². The number of aliphatic carboxylic acids is 1. The summed E-state index contributed by atoms with van der Waals surface area (Å²) < 4.78 is 0. The van der Waals surface area contributed by atoms with E-state index >= 15 is 0 Å². The number of carboxylic acid groups (broad SMARTS) is 1. The van der Waals surface area contributed by atoms with Gasteiger partial charge in [0, 0.05) is 6.42 Å². The summed E-state index contributed by atoms with van der Waals surface area (Å²) in [6, 6.07) is 0. The molecule has 0 radical (unpaired) electrons. The van der Waals surface area contributed by atoms with Gasteiger partial charge in [-0.25, -0.2) is 0 Å². The molecule has 18 heavy (non-hydrogen) atoms. The van der Waals surface area contributed by atoms with E-state index in [0.717, 1.165) is 12.8 Å². The van der Waals surface area contributed by atoms with Gasteiger partial charge in [-0.15, -0.1) is 4.91 Å². The van der Waals surface area contributed by atoms with Crippen molar-refractivity contribution in [2.24, 2.45) is 5.34 Å². The van der Waals surface area contributed by atoms with Crippen LogP contribution in [0.3, 0.4) is 0 Å². The Morgan fingerprint density at radius 2 is 1.33 bits per heavy atom. The second kappa shape index (κ2) is 22.3. The number of carbonyl (C=O) groups is 1. The summed E-state index contributed by atoms with van der Waals surface area (Å²) in [4.78, 5) is 18.3. The second-order valence-corrected chi connectivity index (χ2v) is 4.05. The first-order valence-electron chi connectivity index (χ1n) is 6.37. The summed E-state index contributed by atoms with van der Waals surface area (Å²) in [5, 5.41) is 16.3. The van der Waals surface area contributed by atoms with E-state index in [1.165, 1.54) is 50.3 Å². The number of hydrogen-bond acceptors (Lipinski definition) is 3. The molecule has 5 nitrogen and oxygen atoms in total. The number of unbranched alkanes of at least 4 members (excludes halogenated alkanes) is 8. The van der Waals surface area contributed by atoms with Crippen molar-refractivity contribution < 1.29 is 18.0 Å². The summed E-state index contributed by atoms with van der Waals surface area (Å²) in [5.74, 6) is -0.659. The van der Waals surface area contributed by atoms with Crippen molar-refractivity contribution in [3.8, 4) is 0 Å². The summed E-state index contributed by atoms with van der Waals surface area (Å²) >= 11 is 0. The van der Waals surface area contributed by atoms with Crippen molar-refractivity contribution in [1.29, 1.82) is 0 Å². The summed E-state index contributed by atoms with van der Waals surface area (Å²) in [5.41, 5.74) is 0. The quantitative estimate of drug-likeness (QED) is 0.275. The van der Waals surface area contributed by atoms with Crippen LogP contribution in [-0.4, -0.2) is 54.0 Å². The number of hydrogen-bond donors (Lipinski definition) is 2. The average molecular weight is 289 g/mol. The summed E-state index contributed by atoms with van der Waals surface area (Å²) in [6.45, 7) is 2.23. The SMILES string of the molecule is CCCCCCCCCCCC(=O)O.O=NO.[Ca+2].[H-].[H-]. The normalized spacial score (nSPS) is 8.72. The zero-order chi connectivity index (χ0) is 13.4. The van der Waals surface area contributed by atoms with E-state index in [4.69, 9.17) is 15.2 Å². The smallest absolute Gasteiger partial charge is 1.00 e. The fourth-order valence-electron chi connectivity index (χ4n) is 1.59. The summed E-state index contributed by atoms with van der Waals surface area (Å²) in [6.07, 6.45) is 11.5. The van der Waals surface area contributed by atoms with Crippen LogP contribution in [0.15, 0.2) is 5.34 Å². The third kappa shape index (κ3) is 29.8. The van der Waals surface area contributed by atoms with Crippen molar-refractivity contribution >= 4 is 43.7 Å². The molecule has 0 aliphatic heterocycles. The molecule has 0 aromatic rings. The van der Waals surface area contributed by atoms with Crippen molar-refractivity contribution in [1.82, 2.24) is 0 Å². The minimum absolute atomic E-state index is 0. The molecule has 0 bridgehead atoms. The van der Waals surface area contributed by atoms with Gasteiger partial charge in [0.05, 0.1) is 0 Å². The minimum atomic E-state index is -0.659. The number of carboxylic acids is 1. The molecule has 0 aromatic carbocycles. The van der Waals surface area contributed by atoms with Crippen LogP contribution in [0.5, 0.6) is 0 Å². The van der Waals surface area contributed by atoms with Crippen LogP contribution in [0.2, 0.25) is 0 Å². The second-order valence-electron chi connectivity index (χ2n) is 4.05. The molecule has 0 amide bonds. The average Bonchev–Trinajstić information content (AvgIpc) is 2.27. The molecule has 0 aliphatic carbocycles. The van der Waals surface area contributed by atoms with E-state index in [9.17, 15) is 4.79 Å². The van der Waals surface area contributed by atoms with E-state index in [2.05, 4.69) is 6.92 Å². The van der Waals surface area contributed by atoms with Crippen LogP contribution in [0, 0.1) is 4.91 Å². The van der Waals surface area contributed by atoms with Crippen molar-refractivity contribution in [3.05, 3.63) is 4.91 Å². The Morgan fingerprint density at radius 3 is 1.67 bits per heavy atom. The van der Waals surface area contributed by atoms with Gasteiger partial charge >= 0.3 is 43.7 Å². The zero-order valence-electron chi connectivity index (χ0n) is 13.4. The van der Waals surface area contributed by atoms with Gasteiger partial charge in [-0.2, -0.15) is 0 Å². The van der Waals surface area contributed by atoms with Gasteiger partial charge in [0.2, 0.25) is 0 Å². The molecular formula is C12H27CaNO4. The van der Waals surface area contributed by atoms with Crippen LogP contribution in [0.25, 0.3) is 0 Å². The Labute approximate surface area is 142 Å². The van der Waals surface area contributed by atoms with Crippen molar-refractivity contribution in [2.45, 2.75) is 71.1 Å². The predicted octanol–water partition coefficient (Wildman–Crippen LogP) is 3.98. The molecular weight excluding hydrogens is 262 g/mol. The molecule has 6 heteroatoms. The van der Waals surface area contributed by atoms with E-state index in [1.54, 1.807) is 0 Å². The fourth-order valence-corrected chi connectivity index (χ4v) is 1.59. The Hall–Kier alpha value is 0.130. The fraction of sp³-hybridized carbons (Fsp3) is 0.917. The first-order valence-corrected chi connectivity index (χ1v) is 6.37. The Balaban J connectivity index is -0.000000114. The molecule has 0 saturated heterocycles. The van der Waals surface area contributed by atoms with E-state index < -0.39 is 5.97 Å². The zero-order valence-corrected chi connectivity index (χ0v) is 13.6. The maximum atomic E-state index is 10.2. The van der Waals surface area contributed by atoms with E-state index in [0.29, 0.717) is 6.42 Å². The van der Waals surface area contributed by atoms with Crippen molar-refractivity contribution in [3.63, 3.8) is 0 Å². The summed E-state index contributed by atoms with van der Waals surface area (Å²) in [7, 11) is 0. The molecule has 2 N–H and O–H groups in total. The van der Waals surface area contributed by atoms with Gasteiger partial charge in [-0.1, -0.05) is 58.3 Å². The van der Waals surface area contributed by atoms with Gasteiger partial charge < -0.3 is 13.2 Å². The van der Waals surface area contributed by atoms with Gasteiger partial charge in [-0.05, 0) is 6.42 Å². The number of nitrogens with zero attached hydrogens (tertiary/aromatic N) is 1. The third-order valence-corrected chi connectivity index (χ3v) is 2.49. The van der Waals surface area contributed by atoms with Crippen LogP contribution >= 0.6 is 0 Å². The first kappa shape index (κ1) is 23.2. The van der Waals surface area contributed by atoms with Crippen molar-refractivity contribution in [2.75, 3.05) is 0 Å². The molecule has 0 rings (SSSR count). The topological polar surface area (TPSA) is 87.0 Å². The Bertz CT molecular complexity index is 189. The van der Waals surface area contributed by atoms with Gasteiger partial charge in [-0.3, -0.25) is 4.79 Å². The molecule has 0 spiro atoms. The van der Waals surface area contributed by atoms with Crippen LogP contribution in [-0.2, 0) is 4.79 Å². The first-order chi connectivity index (χ1) is 8.18. The monoisotopic (exact) mass is 289 g/mol. The van der Waals surface area contributed by atoms with Crippen LogP contribution in [0.1, 0.15) is 74.0 Å². The molecule has 0 aliphatic rings. The Kier molecular flexibility index (Phi) is 28.8. The molecule has 106 valence electrons. The van der Waals surface area contributed by atoms with Crippen LogP contribution in [0.4, 0.5) is 0 Å². The molecule has 0 heterocycles. The molecule has 0 saturated carbocycles. The third-order valence-electron chi connectivity index (χ3n) is 2.49. The standard InChI is InChI=1S/C12H24O2.Ca.HNO2.2H/c1-2-3-4-5-6-7-8-9-10-11-12(13)14;;2-1-3;;/h2-11H2,1H3,(H,13,14);;(H,2,3);;/q;+2;;2*-1. The Morgan fingerprint density at radius 1 is 1.00 bits per heavy atom. The van der Waals surface area contributed by atoms with E-state index in [1.807, 2.05) is 0 Å². The maximum Gasteiger partial charge on any atom is 2.00 e. The van der Waals surface area contributed by atoms with E-state index in [-0.39, 0.29) is 40.6 Å². The number of rotatable bonds is 10. The molecule has 0 fully saturated rings. The largest absolute Gasteiger partial charge is 2.00 e. The molecule has 0 aromatic heterocycles. The maximum absolute atomic E-state index is 10.2. The van der Waals surface area contributed by atoms with Gasteiger partial charge in [0.1, 0.15) is 0 Å². The minimum Gasteiger partial charge on any atom is -1.00 e. The van der Waals surface area contributed by atoms with Gasteiger partial charge in [0.25, 0.3) is 0 Å². The molecule has 0 unspecified atom stereocenters. The van der Waals surface area contributed by atoms with Crippen LogP contribution < -0.4 is 0 Å².